The fraction of sp³-hybridized carbons (Fsp3) is 0.500. The van der Waals surface area contributed by atoms with Crippen LogP contribution in [0.25, 0.3) is 0 Å². The molecular weight excluding hydrogens is 196 g/mol. The Kier molecular flexibility index (Phi) is 1.87. The Labute approximate surface area is 87.5 Å². The van der Waals surface area contributed by atoms with Gasteiger partial charge in [-0.15, -0.1) is 0 Å². The molecule has 0 bridgehead atoms. The van der Waals surface area contributed by atoms with Crippen molar-refractivity contribution < 1.29 is 8.78 Å². The van der Waals surface area contributed by atoms with Crippen LogP contribution in [-0.4, -0.2) is 13.1 Å². The molecule has 0 radical (unpaired) electrons. The molecule has 2 aliphatic rings. The minimum atomic E-state index is -0.490. The molecule has 1 aliphatic heterocycles. The van der Waals surface area contributed by atoms with Crippen molar-refractivity contribution in [1.82, 2.24) is 5.32 Å². The first-order valence-corrected chi connectivity index (χ1v) is 5.37. The number of benzene rings is 1. The highest BCUT2D eigenvalue weighted by Gasteiger charge is 2.56. The van der Waals surface area contributed by atoms with E-state index in [0.717, 1.165) is 32.0 Å². The Morgan fingerprint density at radius 2 is 2.20 bits per heavy atom. The highest BCUT2D eigenvalue weighted by atomic mass is 19.1. The van der Waals surface area contributed by atoms with E-state index >= 15 is 0 Å². The van der Waals surface area contributed by atoms with Crippen molar-refractivity contribution in [3.63, 3.8) is 0 Å². The molecule has 2 fully saturated rings. The van der Waals surface area contributed by atoms with E-state index in [-0.39, 0.29) is 11.2 Å². The van der Waals surface area contributed by atoms with Gasteiger partial charge in [0, 0.05) is 12.6 Å². The van der Waals surface area contributed by atoms with Crippen LogP contribution in [0.1, 0.15) is 24.3 Å². The van der Waals surface area contributed by atoms with Crippen molar-refractivity contribution >= 4 is 0 Å². The van der Waals surface area contributed by atoms with E-state index in [1.165, 1.54) is 6.07 Å². The summed E-state index contributed by atoms with van der Waals surface area (Å²) in [4.78, 5) is 0. The summed E-state index contributed by atoms with van der Waals surface area (Å²) >= 11 is 0. The van der Waals surface area contributed by atoms with E-state index in [4.69, 9.17) is 0 Å². The molecule has 1 aromatic carbocycles. The fourth-order valence-corrected chi connectivity index (χ4v) is 2.81. The van der Waals surface area contributed by atoms with Crippen LogP contribution in [0.15, 0.2) is 18.2 Å². The van der Waals surface area contributed by atoms with Crippen LogP contribution < -0.4 is 5.32 Å². The molecule has 15 heavy (non-hydrogen) atoms. The van der Waals surface area contributed by atoms with Crippen LogP contribution in [0.2, 0.25) is 0 Å². The summed E-state index contributed by atoms with van der Waals surface area (Å²) in [5.74, 6) is -0.577. The molecule has 3 rings (SSSR count). The predicted octanol–water partition coefficient (Wildman–Crippen LogP) is 2.43. The highest BCUT2D eigenvalue weighted by molar-refractivity contribution is 5.32. The lowest BCUT2D eigenvalue weighted by Gasteiger charge is -2.08. The Morgan fingerprint density at radius 3 is 2.87 bits per heavy atom. The second kappa shape index (κ2) is 3.01. The number of hydrogen-bond donors (Lipinski definition) is 1. The van der Waals surface area contributed by atoms with Gasteiger partial charge in [-0.2, -0.15) is 0 Å². The monoisotopic (exact) mass is 209 g/mol. The molecule has 1 nitrogen and oxygen atoms in total. The number of rotatable bonds is 1. The van der Waals surface area contributed by atoms with E-state index in [2.05, 4.69) is 5.32 Å². The molecule has 0 aromatic heterocycles. The zero-order valence-electron chi connectivity index (χ0n) is 8.39. The molecule has 3 heteroatoms. The molecule has 2 atom stereocenters. The molecule has 1 N–H and O–H groups in total. The summed E-state index contributed by atoms with van der Waals surface area (Å²) in [7, 11) is 0. The van der Waals surface area contributed by atoms with Gasteiger partial charge in [-0.3, -0.25) is 0 Å². The molecule has 1 saturated heterocycles. The van der Waals surface area contributed by atoms with E-state index in [9.17, 15) is 8.78 Å². The molecule has 1 saturated carbocycles. The minimum absolute atomic E-state index is 0.276. The van der Waals surface area contributed by atoms with E-state index < -0.39 is 5.82 Å². The summed E-state index contributed by atoms with van der Waals surface area (Å²) in [6.07, 6.45) is 2.16. The topological polar surface area (TPSA) is 12.0 Å². The van der Waals surface area contributed by atoms with Gasteiger partial charge in [0.25, 0.3) is 0 Å². The Balaban J connectivity index is 1.89. The third kappa shape index (κ3) is 1.37. The fourth-order valence-electron chi connectivity index (χ4n) is 2.81. The normalized spacial score (nSPS) is 33.6. The quantitative estimate of drug-likeness (QED) is 0.749. The van der Waals surface area contributed by atoms with Crippen LogP contribution in [-0.2, 0) is 0 Å². The lowest BCUT2D eigenvalue weighted by atomic mass is 9.98. The second-order valence-corrected chi connectivity index (χ2v) is 4.71. The van der Waals surface area contributed by atoms with Gasteiger partial charge >= 0.3 is 0 Å². The first-order chi connectivity index (χ1) is 7.21. The summed E-state index contributed by atoms with van der Waals surface area (Å²) in [5.41, 5.74) is 0.971. The van der Waals surface area contributed by atoms with Crippen LogP contribution in [0.5, 0.6) is 0 Å². The summed E-state index contributed by atoms with van der Waals surface area (Å²) < 4.78 is 26.3. The molecular formula is C12H13F2N. The summed E-state index contributed by atoms with van der Waals surface area (Å²) in [5, 5.41) is 3.31. The number of nitrogens with one attached hydrogen (secondary N) is 1. The van der Waals surface area contributed by atoms with Gasteiger partial charge in [-0.1, -0.05) is 6.07 Å². The van der Waals surface area contributed by atoms with E-state index in [1.54, 1.807) is 6.07 Å². The third-order valence-electron chi connectivity index (χ3n) is 3.80. The van der Waals surface area contributed by atoms with Gasteiger partial charge in [0.15, 0.2) is 0 Å². The minimum Gasteiger partial charge on any atom is -0.316 e. The molecule has 1 unspecified atom stereocenters. The van der Waals surface area contributed by atoms with Crippen LogP contribution in [0, 0.1) is 17.0 Å². The van der Waals surface area contributed by atoms with Crippen molar-refractivity contribution in [2.45, 2.75) is 18.8 Å². The molecule has 1 aliphatic carbocycles. The van der Waals surface area contributed by atoms with Gasteiger partial charge in [-0.05, 0) is 42.3 Å². The Hall–Kier alpha value is -0.960. The van der Waals surface area contributed by atoms with Gasteiger partial charge in [-0.25, -0.2) is 8.78 Å². The van der Waals surface area contributed by atoms with Crippen LogP contribution >= 0.6 is 0 Å². The molecule has 1 aromatic rings. The maximum Gasteiger partial charge on any atom is 0.129 e. The summed E-state index contributed by atoms with van der Waals surface area (Å²) in [6.45, 7) is 2.01. The number of halogens is 2. The average molecular weight is 209 g/mol. The average Bonchev–Trinajstić information content (AvgIpc) is 2.67. The third-order valence-corrected chi connectivity index (χ3v) is 3.80. The molecule has 1 spiro atoms. The van der Waals surface area contributed by atoms with E-state index in [1.807, 2.05) is 0 Å². The largest absolute Gasteiger partial charge is 0.316 e. The van der Waals surface area contributed by atoms with Gasteiger partial charge in [0.2, 0.25) is 0 Å². The predicted molar refractivity (Wildman–Crippen MR) is 53.6 cm³/mol. The lowest BCUT2D eigenvalue weighted by molar-refractivity contribution is 0.526. The van der Waals surface area contributed by atoms with Crippen molar-refractivity contribution in [3.05, 3.63) is 35.4 Å². The maximum atomic E-state index is 13.5. The Bertz CT molecular complexity index is 397. The smallest absolute Gasteiger partial charge is 0.129 e. The second-order valence-electron chi connectivity index (χ2n) is 4.71. The first-order valence-electron chi connectivity index (χ1n) is 5.37. The summed E-state index contributed by atoms with van der Waals surface area (Å²) in [6, 6.07) is 3.94. The van der Waals surface area contributed by atoms with Crippen LogP contribution in [0.3, 0.4) is 0 Å². The number of hydrogen-bond acceptors (Lipinski definition) is 1. The van der Waals surface area contributed by atoms with Crippen molar-refractivity contribution in [2.75, 3.05) is 13.1 Å². The van der Waals surface area contributed by atoms with Gasteiger partial charge in [0.05, 0.1) is 0 Å². The lowest BCUT2D eigenvalue weighted by Crippen LogP contribution is -2.11. The van der Waals surface area contributed by atoms with Gasteiger partial charge in [0.1, 0.15) is 11.6 Å². The Morgan fingerprint density at radius 1 is 1.33 bits per heavy atom. The van der Waals surface area contributed by atoms with Gasteiger partial charge < -0.3 is 5.32 Å². The zero-order chi connectivity index (χ0) is 10.5. The molecule has 80 valence electrons. The van der Waals surface area contributed by atoms with Crippen molar-refractivity contribution in [3.8, 4) is 0 Å². The zero-order valence-corrected chi connectivity index (χ0v) is 8.39. The SMILES string of the molecule is Fc1ccc([C@@H]2CC23CCNC3)c(F)c1. The molecule has 0 amide bonds. The first kappa shape index (κ1) is 9.28. The van der Waals surface area contributed by atoms with Crippen molar-refractivity contribution in [2.24, 2.45) is 5.41 Å². The highest BCUT2D eigenvalue weighted by Crippen LogP contribution is 2.62. The maximum absolute atomic E-state index is 13.5. The van der Waals surface area contributed by atoms with E-state index in [0.29, 0.717) is 11.5 Å². The van der Waals surface area contributed by atoms with Crippen molar-refractivity contribution in [1.29, 1.82) is 0 Å². The standard InChI is InChI=1S/C12H13F2N/c13-8-1-2-9(11(14)5-8)10-6-12(10)3-4-15-7-12/h1-2,5,10,15H,3-4,6-7H2/t10-,12?/m0/s1. The molecule has 1 heterocycles. The van der Waals surface area contributed by atoms with Crippen LogP contribution in [0.4, 0.5) is 8.78 Å².